The number of nitrogens with zero attached hydrogens (tertiary/aromatic N) is 4. The minimum Gasteiger partial charge on any atom is -0.286 e. The number of hydrogen-bond acceptors (Lipinski definition) is 5. The number of para-hydroxylation sites is 1. The van der Waals surface area contributed by atoms with Crippen molar-refractivity contribution in [2.75, 3.05) is 17.2 Å². The monoisotopic (exact) mass is 426 g/mol. The van der Waals surface area contributed by atoms with E-state index in [-0.39, 0.29) is 11.7 Å². The number of aromatic nitrogens is 3. The van der Waals surface area contributed by atoms with Gasteiger partial charge in [0, 0.05) is 36.0 Å². The van der Waals surface area contributed by atoms with Crippen molar-refractivity contribution in [3.63, 3.8) is 0 Å². The summed E-state index contributed by atoms with van der Waals surface area (Å²) in [5, 5.41) is 4.92. The van der Waals surface area contributed by atoms with Crippen LogP contribution in [0.5, 0.6) is 0 Å². The van der Waals surface area contributed by atoms with Crippen LogP contribution in [0.3, 0.4) is 0 Å². The maximum atomic E-state index is 13.0. The van der Waals surface area contributed by atoms with Gasteiger partial charge in [0.25, 0.3) is 0 Å². The number of rotatable bonds is 8. The van der Waals surface area contributed by atoms with Crippen molar-refractivity contribution in [1.29, 1.82) is 0 Å². The van der Waals surface area contributed by atoms with Crippen molar-refractivity contribution < 1.29 is 9.18 Å². The molecule has 0 radical (unpaired) electrons. The van der Waals surface area contributed by atoms with E-state index in [1.54, 1.807) is 39.7 Å². The van der Waals surface area contributed by atoms with Crippen LogP contribution in [-0.2, 0) is 11.3 Å². The van der Waals surface area contributed by atoms with Crippen molar-refractivity contribution in [2.24, 2.45) is 0 Å². The van der Waals surface area contributed by atoms with E-state index < -0.39 is 0 Å². The predicted molar refractivity (Wildman–Crippen MR) is 116 cm³/mol. The third-order valence-corrected chi connectivity index (χ3v) is 6.40. The fourth-order valence-corrected chi connectivity index (χ4v) is 4.71. The highest BCUT2D eigenvalue weighted by atomic mass is 32.2. The van der Waals surface area contributed by atoms with Gasteiger partial charge in [-0.15, -0.1) is 11.8 Å². The summed E-state index contributed by atoms with van der Waals surface area (Å²) in [7, 11) is 0. The molecule has 148 valence electrons. The molecule has 0 saturated heterocycles. The van der Waals surface area contributed by atoms with Gasteiger partial charge in [0.15, 0.2) is 5.13 Å². The smallest absolute Gasteiger partial charge is 0.229 e. The van der Waals surface area contributed by atoms with E-state index in [9.17, 15) is 9.18 Å². The zero-order valence-corrected chi connectivity index (χ0v) is 17.2. The first-order valence-corrected chi connectivity index (χ1v) is 11.0. The van der Waals surface area contributed by atoms with Crippen LogP contribution in [0.1, 0.15) is 6.42 Å². The molecule has 0 fully saturated rings. The van der Waals surface area contributed by atoms with Crippen molar-refractivity contribution >= 4 is 44.4 Å². The van der Waals surface area contributed by atoms with Crippen LogP contribution in [0.25, 0.3) is 10.2 Å². The van der Waals surface area contributed by atoms with E-state index in [1.165, 1.54) is 23.5 Å². The molecule has 0 aliphatic carbocycles. The SMILES string of the molecule is O=C(CCSc1ccc(F)cc1)N(CCn1cccn1)c1nc2ccccc2s1. The number of thiazole rings is 1. The van der Waals surface area contributed by atoms with Gasteiger partial charge in [-0.2, -0.15) is 5.10 Å². The molecule has 29 heavy (non-hydrogen) atoms. The van der Waals surface area contributed by atoms with Gasteiger partial charge in [0.2, 0.25) is 5.91 Å². The highest BCUT2D eigenvalue weighted by molar-refractivity contribution is 7.99. The summed E-state index contributed by atoms with van der Waals surface area (Å²) in [6, 6.07) is 16.1. The molecule has 0 spiro atoms. The van der Waals surface area contributed by atoms with Crippen LogP contribution in [-0.4, -0.2) is 33.0 Å². The first-order valence-electron chi connectivity index (χ1n) is 9.21. The highest BCUT2D eigenvalue weighted by Crippen LogP contribution is 2.29. The Bertz CT molecular complexity index is 1050. The van der Waals surface area contributed by atoms with Crippen LogP contribution in [0.2, 0.25) is 0 Å². The Hall–Kier alpha value is -2.71. The Morgan fingerprint density at radius 1 is 1.14 bits per heavy atom. The zero-order valence-electron chi connectivity index (χ0n) is 15.6. The Balaban J connectivity index is 1.45. The maximum absolute atomic E-state index is 13.0. The van der Waals surface area contributed by atoms with Crippen LogP contribution >= 0.6 is 23.1 Å². The number of fused-ring (bicyclic) bond motifs is 1. The zero-order chi connectivity index (χ0) is 20.1. The molecular weight excluding hydrogens is 407 g/mol. The van der Waals surface area contributed by atoms with Gasteiger partial charge in [-0.1, -0.05) is 23.5 Å². The Labute approximate surface area is 176 Å². The van der Waals surface area contributed by atoms with Crippen molar-refractivity contribution in [2.45, 2.75) is 17.9 Å². The predicted octanol–water partition coefficient (Wildman–Crippen LogP) is 4.85. The third-order valence-electron chi connectivity index (χ3n) is 4.32. The summed E-state index contributed by atoms with van der Waals surface area (Å²) in [5.41, 5.74) is 0.894. The van der Waals surface area contributed by atoms with Crippen molar-refractivity contribution in [1.82, 2.24) is 14.8 Å². The molecule has 0 saturated carbocycles. The second kappa shape index (κ2) is 9.19. The number of carbonyl (C=O) groups excluding carboxylic acids is 1. The molecule has 4 rings (SSSR count). The lowest BCUT2D eigenvalue weighted by Gasteiger charge is -2.20. The van der Waals surface area contributed by atoms with E-state index in [0.29, 0.717) is 30.4 Å². The van der Waals surface area contributed by atoms with Gasteiger partial charge in [0.1, 0.15) is 5.82 Å². The quantitative estimate of drug-likeness (QED) is 0.378. The molecule has 0 bridgehead atoms. The number of anilines is 1. The molecule has 0 unspecified atom stereocenters. The average molecular weight is 427 g/mol. The molecule has 0 atom stereocenters. The minimum absolute atomic E-state index is 0.0193. The first kappa shape index (κ1) is 19.6. The number of halogens is 1. The van der Waals surface area contributed by atoms with Crippen LogP contribution < -0.4 is 4.90 Å². The molecule has 4 aromatic rings. The van der Waals surface area contributed by atoms with Crippen LogP contribution in [0.4, 0.5) is 9.52 Å². The fourth-order valence-electron chi connectivity index (χ4n) is 2.86. The molecule has 2 aromatic heterocycles. The molecule has 2 aromatic carbocycles. The Kier molecular flexibility index (Phi) is 6.21. The van der Waals surface area contributed by atoms with Gasteiger partial charge in [-0.25, -0.2) is 9.37 Å². The fraction of sp³-hybridized carbons (Fsp3) is 0.190. The van der Waals surface area contributed by atoms with E-state index in [1.807, 2.05) is 36.5 Å². The van der Waals surface area contributed by atoms with Crippen LogP contribution in [0.15, 0.2) is 71.9 Å². The number of hydrogen-bond donors (Lipinski definition) is 0. The number of thioether (sulfide) groups is 1. The van der Waals surface area contributed by atoms with Gasteiger partial charge in [0.05, 0.1) is 16.8 Å². The summed E-state index contributed by atoms with van der Waals surface area (Å²) < 4.78 is 15.9. The molecule has 5 nitrogen and oxygen atoms in total. The van der Waals surface area contributed by atoms with Crippen LogP contribution in [0, 0.1) is 5.82 Å². The molecule has 8 heteroatoms. The molecule has 0 aliphatic rings. The van der Waals surface area contributed by atoms with Gasteiger partial charge >= 0.3 is 0 Å². The average Bonchev–Trinajstić information content (AvgIpc) is 3.39. The highest BCUT2D eigenvalue weighted by Gasteiger charge is 2.19. The number of carbonyl (C=O) groups is 1. The van der Waals surface area contributed by atoms with Crippen molar-refractivity contribution in [3.8, 4) is 0 Å². The first-order chi connectivity index (χ1) is 14.2. The molecule has 2 heterocycles. The number of benzene rings is 2. The van der Waals surface area contributed by atoms with Gasteiger partial charge in [-0.3, -0.25) is 14.4 Å². The van der Waals surface area contributed by atoms with Gasteiger partial charge in [-0.05, 0) is 42.5 Å². The lowest BCUT2D eigenvalue weighted by molar-refractivity contribution is -0.118. The molecule has 0 N–H and O–H groups in total. The van der Waals surface area contributed by atoms with E-state index in [2.05, 4.69) is 10.1 Å². The van der Waals surface area contributed by atoms with Crippen molar-refractivity contribution in [3.05, 3.63) is 72.8 Å². The summed E-state index contributed by atoms with van der Waals surface area (Å²) >= 11 is 3.06. The summed E-state index contributed by atoms with van der Waals surface area (Å²) in [4.78, 5) is 20.4. The van der Waals surface area contributed by atoms with E-state index in [4.69, 9.17) is 0 Å². The summed E-state index contributed by atoms with van der Waals surface area (Å²) in [6.07, 6.45) is 3.98. The van der Waals surface area contributed by atoms with Gasteiger partial charge < -0.3 is 0 Å². The molecule has 1 amide bonds. The standard InChI is InChI=1S/C21H19FN4OS2/c22-16-6-8-17(9-7-16)28-15-10-20(27)26(14-13-25-12-3-11-23-25)21-24-18-4-1-2-5-19(18)29-21/h1-9,11-12H,10,13-15H2. The van der Waals surface area contributed by atoms with E-state index in [0.717, 1.165) is 15.1 Å². The molecule has 0 aliphatic heterocycles. The summed E-state index contributed by atoms with van der Waals surface area (Å²) in [5.74, 6) is 0.380. The normalized spacial score (nSPS) is 11.1. The second-order valence-electron chi connectivity index (χ2n) is 6.33. The number of amides is 1. The molecular formula is C21H19FN4OS2. The topological polar surface area (TPSA) is 51.0 Å². The van der Waals surface area contributed by atoms with E-state index >= 15 is 0 Å². The maximum Gasteiger partial charge on any atom is 0.229 e. The minimum atomic E-state index is -0.258. The Morgan fingerprint density at radius 3 is 2.72 bits per heavy atom. The largest absolute Gasteiger partial charge is 0.286 e. The third kappa shape index (κ3) is 5.02. The lowest BCUT2D eigenvalue weighted by atomic mass is 10.3. The lowest BCUT2D eigenvalue weighted by Crippen LogP contribution is -2.34. The summed E-state index contributed by atoms with van der Waals surface area (Å²) in [6.45, 7) is 1.10. The second-order valence-corrected chi connectivity index (χ2v) is 8.51. The Morgan fingerprint density at radius 2 is 1.97 bits per heavy atom.